The Morgan fingerprint density at radius 3 is 2.29 bits per heavy atom. The molecule has 1 unspecified atom stereocenters. The maximum Gasteiger partial charge on any atom is 0.228 e. The highest BCUT2D eigenvalue weighted by molar-refractivity contribution is 6.64. The number of hydrogen-bond acceptors (Lipinski definition) is 3. The van der Waals surface area contributed by atoms with Gasteiger partial charge in [0.05, 0.1) is 5.57 Å². The van der Waals surface area contributed by atoms with E-state index in [1.807, 2.05) is 0 Å². The van der Waals surface area contributed by atoms with Gasteiger partial charge in [-0.05, 0) is 116 Å². The van der Waals surface area contributed by atoms with Crippen molar-refractivity contribution in [2.75, 3.05) is 0 Å². The van der Waals surface area contributed by atoms with Crippen LogP contribution in [0.4, 0.5) is 0 Å². The number of fused-ring (bicyclic) bond motifs is 7. The minimum absolute atomic E-state index is 0.0179. The SMILES string of the molecule is C=C(C)[C@@H]1CC[C@]2(C(=O)Cl)CC[C@]3(C)C(CC[C@@H]4[C@@]5(C)C=C(C#N)C(=O)C(C)(C)[C@@H]5CC[C@]43C)[C@@H]12. The number of halogens is 1. The molecule has 0 radical (unpaired) electrons. The molecular weight excluding hydrogens is 454 g/mol. The summed E-state index contributed by atoms with van der Waals surface area (Å²) in [6, 6.07) is 2.26. The fraction of sp³-hybridized carbons (Fsp3) is 0.774. The van der Waals surface area contributed by atoms with Crippen LogP contribution < -0.4 is 0 Å². The number of nitrogens with zero attached hydrogens (tertiary/aromatic N) is 1. The summed E-state index contributed by atoms with van der Waals surface area (Å²) in [4.78, 5) is 26.2. The summed E-state index contributed by atoms with van der Waals surface area (Å²) < 4.78 is 0. The van der Waals surface area contributed by atoms with Gasteiger partial charge >= 0.3 is 0 Å². The van der Waals surface area contributed by atoms with Crippen molar-refractivity contribution in [1.82, 2.24) is 0 Å². The summed E-state index contributed by atoms with van der Waals surface area (Å²) in [5.41, 5.74) is 0.649. The molecule has 0 heterocycles. The highest BCUT2D eigenvalue weighted by Crippen LogP contribution is 2.77. The van der Waals surface area contributed by atoms with Crippen LogP contribution in [0.25, 0.3) is 0 Å². The standard InChI is InChI=1S/C31H42ClNO2/c1-18(2)20-10-13-31(26(32)35)15-14-29(6)21(24(20)31)8-9-23-28(5)16-19(17-33)25(34)27(3,4)22(28)11-12-30(23,29)7/h16,20-24H,1,8-15H2,2-7H3/t20-,21?,22-,23+,24+,28-,29+,30+,31-/m0/s1. The molecule has 0 aliphatic heterocycles. The van der Waals surface area contributed by atoms with Gasteiger partial charge in [-0.1, -0.05) is 52.8 Å². The molecule has 35 heavy (non-hydrogen) atoms. The summed E-state index contributed by atoms with van der Waals surface area (Å²) in [6.07, 6.45) is 10.2. The third-order valence-electron chi connectivity index (χ3n) is 12.9. The predicted octanol–water partition coefficient (Wildman–Crippen LogP) is 7.65. The maximum absolute atomic E-state index is 13.2. The Morgan fingerprint density at radius 1 is 1.00 bits per heavy atom. The Balaban J connectivity index is 1.62. The van der Waals surface area contributed by atoms with Gasteiger partial charge in [0.25, 0.3) is 0 Å². The molecule has 190 valence electrons. The van der Waals surface area contributed by atoms with Crippen molar-refractivity contribution < 1.29 is 9.59 Å². The molecule has 4 heteroatoms. The number of nitriles is 1. The van der Waals surface area contributed by atoms with Gasteiger partial charge in [-0.3, -0.25) is 9.59 Å². The second kappa shape index (κ2) is 7.56. The lowest BCUT2D eigenvalue weighted by molar-refractivity contribution is -0.216. The molecule has 0 saturated heterocycles. The molecular formula is C31H42ClNO2. The number of carbonyl (C=O) groups excluding carboxylic acids is 2. The molecule has 0 aromatic rings. The Kier molecular flexibility index (Phi) is 5.46. The second-order valence-electron chi connectivity index (χ2n) is 14.2. The van der Waals surface area contributed by atoms with Crippen LogP contribution in [0.5, 0.6) is 0 Å². The molecule has 0 bridgehead atoms. The van der Waals surface area contributed by atoms with Gasteiger partial charge < -0.3 is 0 Å². The Hall–Kier alpha value is -1.40. The minimum atomic E-state index is -0.517. The molecule has 0 aromatic carbocycles. The van der Waals surface area contributed by atoms with Crippen LogP contribution in [0, 0.1) is 68.0 Å². The van der Waals surface area contributed by atoms with Crippen molar-refractivity contribution in [2.45, 2.75) is 92.9 Å². The number of Topliss-reactive ketones (excluding diaryl/α,β-unsaturated/α-hetero) is 1. The van der Waals surface area contributed by atoms with Crippen LogP contribution in [0.15, 0.2) is 23.8 Å². The van der Waals surface area contributed by atoms with Crippen LogP contribution >= 0.6 is 11.6 Å². The molecule has 0 amide bonds. The van der Waals surface area contributed by atoms with E-state index in [4.69, 9.17) is 11.6 Å². The highest BCUT2D eigenvalue weighted by atomic mass is 35.5. The molecule has 3 nitrogen and oxygen atoms in total. The monoisotopic (exact) mass is 495 g/mol. The van der Waals surface area contributed by atoms with E-state index in [-0.39, 0.29) is 39.1 Å². The van der Waals surface area contributed by atoms with Gasteiger partial charge in [-0.15, -0.1) is 0 Å². The third kappa shape index (κ3) is 2.90. The highest BCUT2D eigenvalue weighted by Gasteiger charge is 2.71. The maximum atomic E-state index is 13.2. The van der Waals surface area contributed by atoms with Gasteiger partial charge in [0.1, 0.15) is 6.07 Å². The third-order valence-corrected chi connectivity index (χ3v) is 13.3. The van der Waals surface area contributed by atoms with Crippen LogP contribution in [0.2, 0.25) is 0 Å². The molecule has 0 aromatic heterocycles. The Morgan fingerprint density at radius 2 is 1.69 bits per heavy atom. The van der Waals surface area contributed by atoms with Crippen molar-refractivity contribution in [3.8, 4) is 6.07 Å². The van der Waals surface area contributed by atoms with Gasteiger partial charge in [0.15, 0.2) is 5.78 Å². The van der Waals surface area contributed by atoms with E-state index in [0.717, 1.165) is 51.4 Å². The van der Waals surface area contributed by atoms with Crippen LogP contribution in [-0.4, -0.2) is 11.0 Å². The van der Waals surface area contributed by atoms with Crippen molar-refractivity contribution in [3.63, 3.8) is 0 Å². The van der Waals surface area contributed by atoms with Gasteiger partial charge in [0.2, 0.25) is 5.24 Å². The first-order valence-electron chi connectivity index (χ1n) is 13.7. The number of rotatable bonds is 2. The Labute approximate surface area is 216 Å². The second-order valence-corrected chi connectivity index (χ2v) is 14.5. The van der Waals surface area contributed by atoms with Gasteiger partial charge in [0, 0.05) is 10.8 Å². The van der Waals surface area contributed by atoms with Crippen LogP contribution in [0.1, 0.15) is 92.9 Å². The Bertz CT molecular complexity index is 1080. The first-order chi connectivity index (χ1) is 16.2. The van der Waals surface area contributed by atoms with E-state index in [1.165, 1.54) is 5.57 Å². The minimum Gasteiger partial charge on any atom is -0.293 e. The number of carbonyl (C=O) groups is 2. The normalized spacial score (nSPS) is 50.1. The molecule has 9 atom stereocenters. The fourth-order valence-corrected chi connectivity index (χ4v) is 11.4. The van der Waals surface area contributed by atoms with Crippen molar-refractivity contribution in [3.05, 3.63) is 23.8 Å². The smallest absolute Gasteiger partial charge is 0.228 e. The van der Waals surface area contributed by atoms with E-state index in [0.29, 0.717) is 23.3 Å². The molecule has 0 spiro atoms. The lowest BCUT2D eigenvalue weighted by Gasteiger charge is -2.71. The molecule has 0 N–H and O–H groups in total. The van der Waals surface area contributed by atoms with E-state index >= 15 is 0 Å². The molecule has 5 aliphatic carbocycles. The summed E-state index contributed by atoms with van der Waals surface area (Å²) in [5, 5.41) is 9.75. The quantitative estimate of drug-likeness (QED) is 0.292. The molecule has 5 rings (SSSR count). The first kappa shape index (κ1) is 25.3. The molecule has 5 aliphatic rings. The van der Waals surface area contributed by atoms with Crippen molar-refractivity contribution in [1.29, 1.82) is 5.26 Å². The summed E-state index contributed by atoms with van der Waals surface area (Å²) in [7, 11) is 0. The lowest BCUT2D eigenvalue weighted by Crippen LogP contribution is -2.66. The number of hydrogen-bond donors (Lipinski definition) is 0. The average Bonchev–Trinajstić information content (AvgIpc) is 3.18. The zero-order valence-corrected chi connectivity index (χ0v) is 23.2. The zero-order valence-electron chi connectivity index (χ0n) is 22.5. The van der Waals surface area contributed by atoms with Gasteiger partial charge in [-0.25, -0.2) is 0 Å². The number of allylic oxidation sites excluding steroid dienone is 3. The topological polar surface area (TPSA) is 57.9 Å². The first-order valence-corrected chi connectivity index (χ1v) is 14.1. The number of ketones is 1. The molecule has 4 fully saturated rings. The summed E-state index contributed by atoms with van der Waals surface area (Å²) >= 11 is 6.42. The van der Waals surface area contributed by atoms with Crippen molar-refractivity contribution >= 4 is 22.6 Å². The predicted molar refractivity (Wildman–Crippen MR) is 139 cm³/mol. The van der Waals surface area contributed by atoms with Crippen LogP contribution in [0.3, 0.4) is 0 Å². The van der Waals surface area contributed by atoms with Gasteiger partial charge in [-0.2, -0.15) is 5.26 Å². The van der Waals surface area contributed by atoms with Crippen LogP contribution in [-0.2, 0) is 9.59 Å². The van der Waals surface area contributed by atoms with E-state index in [9.17, 15) is 14.9 Å². The lowest BCUT2D eigenvalue weighted by atomic mass is 9.33. The fourth-order valence-electron chi connectivity index (χ4n) is 11.1. The largest absolute Gasteiger partial charge is 0.293 e. The van der Waals surface area contributed by atoms with E-state index in [2.05, 4.69) is 60.3 Å². The molecule has 4 saturated carbocycles. The van der Waals surface area contributed by atoms with E-state index < -0.39 is 10.8 Å². The van der Waals surface area contributed by atoms with E-state index in [1.54, 1.807) is 0 Å². The summed E-state index contributed by atoms with van der Waals surface area (Å²) in [6.45, 7) is 18.0. The van der Waals surface area contributed by atoms with Crippen molar-refractivity contribution in [2.24, 2.45) is 56.7 Å². The average molecular weight is 496 g/mol. The summed E-state index contributed by atoms with van der Waals surface area (Å²) in [5.74, 6) is 1.77. The zero-order chi connectivity index (χ0) is 25.8.